The number of carbonyl (C=O) groups excluding carboxylic acids is 1. The quantitative estimate of drug-likeness (QED) is 0.480. The molecule has 8 nitrogen and oxygen atoms in total. The molecule has 166 valence electrons. The molecule has 0 spiro atoms. The van der Waals surface area contributed by atoms with Gasteiger partial charge in [-0.25, -0.2) is 8.42 Å². The van der Waals surface area contributed by atoms with E-state index in [9.17, 15) is 23.3 Å². The number of benzene rings is 2. The van der Waals surface area contributed by atoms with Crippen molar-refractivity contribution in [2.24, 2.45) is 5.92 Å². The Morgan fingerprint density at radius 2 is 1.81 bits per heavy atom. The van der Waals surface area contributed by atoms with Crippen LogP contribution in [-0.4, -0.2) is 48.1 Å². The molecular weight excluding hydrogens is 418 g/mol. The minimum Gasteiger partial charge on any atom is -0.338 e. The number of amides is 1. The molecule has 1 amide bonds. The monoisotopic (exact) mass is 445 g/mol. The molecular formula is C22H27N3O5S. The van der Waals surface area contributed by atoms with Crippen molar-refractivity contribution < 1.29 is 18.1 Å². The van der Waals surface area contributed by atoms with E-state index in [0.717, 1.165) is 11.6 Å². The maximum Gasteiger partial charge on any atom is 0.270 e. The maximum atomic E-state index is 13.1. The molecule has 0 aliphatic carbocycles. The van der Waals surface area contributed by atoms with E-state index in [2.05, 4.69) is 0 Å². The molecule has 1 heterocycles. The zero-order chi connectivity index (χ0) is 22.6. The average molecular weight is 446 g/mol. The molecule has 1 aliphatic rings. The van der Waals surface area contributed by atoms with Crippen molar-refractivity contribution in [3.8, 4) is 0 Å². The molecule has 2 aromatic rings. The Balaban J connectivity index is 1.69. The Morgan fingerprint density at radius 3 is 2.39 bits per heavy atom. The lowest BCUT2D eigenvalue weighted by Crippen LogP contribution is -2.44. The number of aryl methyl sites for hydroxylation is 1. The van der Waals surface area contributed by atoms with Crippen LogP contribution >= 0.6 is 0 Å². The number of nitrogens with zero attached hydrogens (tertiary/aromatic N) is 3. The van der Waals surface area contributed by atoms with Gasteiger partial charge in [-0.05, 0) is 37.8 Å². The Hall–Kier alpha value is -2.78. The van der Waals surface area contributed by atoms with Crippen molar-refractivity contribution in [3.05, 3.63) is 69.8 Å². The number of nitro groups is 1. The van der Waals surface area contributed by atoms with Crippen molar-refractivity contribution in [2.45, 2.75) is 38.1 Å². The molecule has 1 fully saturated rings. The summed E-state index contributed by atoms with van der Waals surface area (Å²) in [5.74, 6) is -0.198. The standard InChI is InChI=1S/C22H27N3O5S/c1-3-23(16-18-7-5-4-6-8-18)22(26)19-11-13-24(14-12-19)31(29,30)21-15-20(25(27)28)10-9-17(21)2/h4-10,15,19H,3,11-14,16H2,1-2H3. The van der Waals surface area contributed by atoms with Crippen LogP contribution < -0.4 is 0 Å². The van der Waals surface area contributed by atoms with E-state index in [1.165, 1.54) is 16.4 Å². The van der Waals surface area contributed by atoms with Gasteiger partial charge in [0.15, 0.2) is 0 Å². The number of piperidine rings is 1. The second-order valence-electron chi connectivity index (χ2n) is 7.72. The zero-order valence-corrected chi connectivity index (χ0v) is 18.5. The molecule has 0 unspecified atom stereocenters. The Labute approximate surface area is 182 Å². The summed E-state index contributed by atoms with van der Waals surface area (Å²) in [6.45, 7) is 5.09. The molecule has 0 radical (unpaired) electrons. The number of hydrogen-bond donors (Lipinski definition) is 0. The lowest BCUT2D eigenvalue weighted by Gasteiger charge is -2.33. The van der Waals surface area contributed by atoms with Crippen LogP contribution in [0.1, 0.15) is 30.9 Å². The van der Waals surface area contributed by atoms with Crippen LogP contribution in [0.3, 0.4) is 0 Å². The normalized spacial score (nSPS) is 15.5. The Morgan fingerprint density at radius 1 is 1.16 bits per heavy atom. The highest BCUT2D eigenvalue weighted by Crippen LogP contribution is 2.29. The van der Waals surface area contributed by atoms with Gasteiger partial charge in [-0.15, -0.1) is 0 Å². The van der Waals surface area contributed by atoms with E-state index in [1.54, 1.807) is 11.8 Å². The Bertz CT molecular complexity index is 1050. The maximum absolute atomic E-state index is 13.1. The summed E-state index contributed by atoms with van der Waals surface area (Å²) in [7, 11) is -3.87. The predicted molar refractivity (Wildman–Crippen MR) is 117 cm³/mol. The predicted octanol–water partition coefficient (Wildman–Crippen LogP) is 3.35. The third-order valence-electron chi connectivity index (χ3n) is 5.71. The number of non-ortho nitro benzene ring substituents is 1. The third-order valence-corrected chi connectivity index (χ3v) is 7.75. The molecule has 1 saturated heterocycles. The molecule has 0 aromatic heterocycles. The summed E-state index contributed by atoms with van der Waals surface area (Å²) in [6.07, 6.45) is 0.856. The highest BCUT2D eigenvalue weighted by atomic mass is 32.2. The number of hydrogen-bond acceptors (Lipinski definition) is 5. The smallest absolute Gasteiger partial charge is 0.270 e. The fourth-order valence-electron chi connectivity index (χ4n) is 3.87. The first-order valence-corrected chi connectivity index (χ1v) is 11.8. The van der Waals surface area contributed by atoms with Crippen LogP contribution in [0.2, 0.25) is 0 Å². The van der Waals surface area contributed by atoms with E-state index in [0.29, 0.717) is 31.5 Å². The number of nitro benzene ring substituents is 1. The summed E-state index contributed by atoms with van der Waals surface area (Å²) >= 11 is 0. The first-order chi connectivity index (χ1) is 14.7. The fourth-order valence-corrected chi connectivity index (χ4v) is 5.58. The van der Waals surface area contributed by atoms with Crippen LogP contribution in [0, 0.1) is 23.0 Å². The minimum atomic E-state index is -3.87. The molecule has 0 saturated carbocycles. The third kappa shape index (κ3) is 5.11. The second-order valence-corrected chi connectivity index (χ2v) is 9.63. The zero-order valence-electron chi connectivity index (χ0n) is 17.7. The van der Waals surface area contributed by atoms with Crippen molar-refractivity contribution in [2.75, 3.05) is 19.6 Å². The number of sulfonamides is 1. The number of rotatable bonds is 7. The van der Waals surface area contributed by atoms with Gasteiger partial charge in [0.2, 0.25) is 15.9 Å². The van der Waals surface area contributed by atoms with Gasteiger partial charge in [0, 0.05) is 44.2 Å². The van der Waals surface area contributed by atoms with Crippen LogP contribution in [0.25, 0.3) is 0 Å². The lowest BCUT2D eigenvalue weighted by atomic mass is 9.96. The molecule has 2 aromatic carbocycles. The van der Waals surface area contributed by atoms with Crippen LogP contribution in [0.5, 0.6) is 0 Å². The SMILES string of the molecule is CCN(Cc1ccccc1)C(=O)C1CCN(S(=O)(=O)c2cc([N+](=O)[O-])ccc2C)CC1. The fraction of sp³-hybridized carbons (Fsp3) is 0.409. The molecule has 3 rings (SSSR count). The van der Waals surface area contributed by atoms with Crippen molar-refractivity contribution in [3.63, 3.8) is 0 Å². The van der Waals surface area contributed by atoms with Crippen molar-refractivity contribution >= 4 is 21.6 Å². The van der Waals surface area contributed by atoms with E-state index < -0.39 is 14.9 Å². The van der Waals surface area contributed by atoms with E-state index in [1.807, 2.05) is 37.3 Å². The van der Waals surface area contributed by atoms with Gasteiger partial charge < -0.3 is 4.90 Å². The Kier molecular flexibility index (Phi) is 7.07. The van der Waals surface area contributed by atoms with Gasteiger partial charge in [-0.1, -0.05) is 36.4 Å². The molecule has 0 bridgehead atoms. The summed E-state index contributed by atoms with van der Waals surface area (Å²) in [5, 5.41) is 11.1. The van der Waals surface area contributed by atoms with Gasteiger partial charge in [-0.2, -0.15) is 4.31 Å². The summed E-state index contributed by atoms with van der Waals surface area (Å²) in [4.78, 5) is 25.2. The van der Waals surface area contributed by atoms with Gasteiger partial charge in [0.25, 0.3) is 5.69 Å². The second kappa shape index (κ2) is 9.57. The largest absolute Gasteiger partial charge is 0.338 e. The van der Waals surface area contributed by atoms with Crippen molar-refractivity contribution in [1.29, 1.82) is 0 Å². The first-order valence-electron chi connectivity index (χ1n) is 10.3. The number of carbonyl (C=O) groups is 1. The van der Waals surface area contributed by atoms with Crippen LogP contribution in [0.15, 0.2) is 53.4 Å². The van der Waals surface area contributed by atoms with E-state index in [-0.39, 0.29) is 35.5 Å². The average Bonchev–Trinajstić information content (AvgIpc) is 2.77. The first kappa shape index (κ1) is 22.9. The van der Waals surface area contributed by atoms with Gasteiger partial charge >= 0.3 is 0 Å². The van der Waals surface area contributed by atoms with E-state index in [4.69, 9.17) is 0 Å². The molecule has 9 heteroatoms. The molecule has 0 atom stereocenters. The molecule has 1 aliphatic heterocycles. The van der Waals surface area contributed by atoms with Gasteiger partial charge in [0.1, 0.15) is 0 Å². The highest BCUT2D eigenvalue weighted by molar-refractivity contribution is 7.89. The highest BCUT2D eigenvalue weighted by Gasteiger charge is 2.34. The van der Waals surface area contributed by atoms with Crippen LogP contribution in [0.4, 0.5) is 5.69 Å². The van der Waals surface area contributed by atoms with E-state index >= 15 is 0 Å². The van der Waals surface area contributed by atoms with Gasteiger partial charge in [0.05, 0.1) is 9.82 Å². The summed E-state index contributed by atoms with van der Waals surface area (Å²) in [5.41, 5.74) is 1.26. The summed E-state index contributed by atoms with van der Waals surface area (Å²) < 4.78 is 27.5. The topological polar surface area (TPSA) is 101 Å². The lowest BCUT2D eigenvalue weighted by molar-refractivity contribution is -0.385. The van der Waals surface area contributed by atoms with Gasteiger partial charge in [-0.3, -0.25) is 14.9 Å². The molecule has 0 N–H and O–H groups in total. The molecule has 31 heavy (non-hydrogen) atoms. The summed E-state index contributed by atoms with van der Waals surface area (Å²) in [6, 6.07) is 13.6. The van der Waals surface area contributed by atoms with Crippen LogP contribution in [-0.2, 0) is 21.4 Å². The minimum absolute atomic E-state index is 0.0370. The van der Waals surface area contributed by atoms with Crippen molar-refractivity contribution in [1.82, 2.24) is 9.21 Å².